The smallest absolute Gasteiger partial charge is 0.308 e. The second-order valence-electron chi connectivity index (χ2n) is 8.36. The predicted octanol–water partition coefficient (Wildman–Crippen LogP) is 4.28. The van der Waals surface area contributed by atoms with Gasteiger partial charge in [0.25, 0.3) is 5.56 Å². The third-order valence-electron chi connectivity index (χ3n) is 5.73. The number of para-hydroxylation sites is 2. The van der Waals surface area contributed by atoms with E-state index < -0.39 is 5.97 Å². The average molecular weight is 524 g/mol. The zero-order valence-electron chi connectivity index (χ0n) is 19.9. The minimum atomic E-state index is -0.465. The first-order valence-corrected chi connectivity index (χ1v) is 12.4. The number of esters is 1. The van der Waals surface area contributed by atoms with E-state index in [4.69, 9.17) is 9.84 Å². The molecule has 6 rings (SSSR count). The number of thiazole rings is 1. The molecule has 0 aliphatic carbocycles. The summed E-state index contributed by atoms with van der Waals surface area (Å²) in [7, 11) is 0. The van der Waals surface area contributed by atoms with Gasteiger partial charge in [0.2, 0.25) is 4.96 Å². The second kappa shape index (κ2) is 9.49. The van der Waals surface area contributed by atoms with E-state index in [0.717, 1.165) is 5.69 Å². The molecule has 3 aromatic carbocycles. The number of halogens is 1. The molecule has 0 saturated carbocycles. The highest BCUT2D eigenvalue weighted by Gasteiger charge is 2.17. The monoisotopic (exact) mass is 523 g/mol. The van der Waals surface area contributed by atoms with Crippen LogP contribution in [0.3, 0.4) is 0 Å². The fourth-order valence-electron chi connectivity index (χ4n) is 4.02. The Hall–Kier alpha value is -4.96. The molecule has 0 bridgehead atoms. The summed E-state index contributed by atoms with van der Waals surface area (Å²) in [6, 6.07) is 22.5. The van der Waals surface area contributed by atoms with Gasteiger partial charge in [0.05, 0.1) is 15.8 Å². The number of hydrogen-bond acceptors (Lipinski definition) is 7. The zero-order valence-corrected chi connectivity index (χ0v) is 20.7. The summed E-state index contributed by atoms with van der Waals surface area (Å²) in [4.78, 5) is 29.7. The van der Waals surface area contributed by atoms with E-state index in [-0.39, 0.29) is 17.2 Å². The molecule has 186 valence electrons. The third-order valence-corrected chi connectivity index (χ3v) is 6.69. The van der Waals surface area contributed by atoms with Crippen molar-refractivity contribution >= 4 is 28.3 Å². The molecule has 0 spiro atoms. The van der Waals surface area contributed by atoms with Gasteiger partial charge in [0.1, 0.15) is 17.3 Å². The summed E-state index contributed by atoms with van der Waals surface area (Å²) in [5.41, 5.74) is 3.00. The number of fused-ring (bicyclic) bond motifs is 1. The van der Waals surface area contributed by atoms with Crippen molar-refractivity contribution in [3.05, 3.63) is 111 Å². The number of nitrogens with zero attached hydrogens (tertiary/aromatic N) is 5. The van der Waals surface area contributed by atoms with Gasteiger partial charge in [-0.15, -0.1) is 5.10 Å². The zero-order chi connectivity index (χ0) is 26.2. The lowest BCUT2D eigenvalue weighted by atomic mass is 10.1. The molecule has 0 radical (unpaired) electrons. The summed E-state index contributed by atoms with van der Waals surface area (Å²) in [5.74, 6) is -0.219. The molecule has 0 atom stereocenters. The molecule has 6 aromatic rings. The quantitative estimate of drug-likeness (QED) is 0.247. The Morgan fingerprint density at radius 3 is 2.45 bits per heavy atom. The summed E-state index contributed by atoms with van der Waals surface area (Å²) in [5, 5.41) is 9.11. The van der Waals surface area contributed by atoms with Gasteiger partial charge in [-0.3, -0.25) is 9.59 Å². The number of hydrogen-bond donors (Lipinski definition) is 0. The topological polar surface area (TPSA) is 91.4 Å². The van der Waals surface area contributed by atoms with Crippen LogP contribution in [-0.2, 0) is 4.79 Å². The lowest BCUT2D eigenvalue weighted by Gasteiger charge is -2.04. The van der Waals surface area contributed by atoms with Crippen molar-refractivity contribution in [2.24, 2.45) is 0 Å². The Labute approximate surface area is 218 Å². The molecule has 10 heteroatoms. The highest BCUT2D eigenvalue weighted by molar-refractivity contribution is 7.15. The van der Waals surface area contributed by atoms with Crippen LogP contribution in [0.5, 0.6) is 5.75 Å². The van der Waals surface area contributed by atoms with Gasteiger partial charge >= 0.3 is 5.97 Å². The van der Waals surface area contributed by atoms with Crippen LogP contribution < -0.4 is 14.8 Å². The van der Waals surface area contributed by atoms with Crippen LogP contribution in [0.4, 0.5) is 4.39 Å². The minimum absolute atomic E-state index is 0.278. The average Bonchev–Trinajstić information content (AvgIpc) is 3.60. The summed E-state index contributed by atoms with van der Waals surface area (Å²) < 4.78 is 22.2. The molecule has 0 amide bonds. The van der Waals surface area contributed by atoms with Crippen molar-refractivity contribution in [1.29, 1.82) is 0 Å². The lowest BCUT2D eigenvalue weighted by Crippen LogP contribution is -2.23. The maximum Gasteiger partial charge on any atom is 0.308 e. The van der Waals surface area contributed by atoms with E-state index in [1.165, 1.54) is 34.9 Å². The van der Waals surface area contributed by atoms with E-state index in [0.29, 0.717) is 37.6 Å². The first-order valence-electron chi connectivity index (χ1n) is 11.6. The third kappa shape index (κ3) is 4.37. The Balaban J connectivity index is 1.46. The molecule has 3 aromatic heterocycles. The van der Waals surface area contributed by atoms with Crippen molar-refractivity contribution < 1.29 is 13.9 Å². The van der Waals surface area contributed by atoms with Gasteiger partial charge in [-0.05, 0) is 54.6 Å². The molecule has 8 nitrogen and oxygen atoms in total. The van der Waals surface area contributed by atoms with Gasteiger partial charge in [-0.1, -0.05) is 41.7 Å². The lowest BCUT2D eigenvalue weighted by molar-refractivity contribution is -0.131. The SMILES string of the molecule is CC(=O)Oc1ccccc1-c1nc2s/c(=C/c3cn(-c4ccccc4)nc3-c3ccc(F)cc3)c(=O)n2n1. The van der Waals surface area contributed by atoms with E-state index in [1.54, 1.807) is 47.2 Å². The maximum absolute atomic E-state index is 13.6. The van der Waals surface area contributed by atoms with Crippen molar-refractivity contribution in [1.82, 2.24) is 24.4 Å². The largest absolute Gasteiger partial charge is 0.426 e. The molecule has 0 fully saturated rings. The number of rotatable bonds is 5. The molecular weight excluding hydrogens is 505 g/mol. The fraction of sp³-hybridized carbons (Fsp3) is 0.0357. The fourth-order valence-corrected chi connectivity index (χ4v) is 4.92. The Bertz CT molecular complexity index is 1910. The first-order chi connectivity index (χ1) is 18.5. The van der Waals surface area contributed by atoms with E-state index in [1.807, 2.05) is 36.5 Å². The van der Waals surface area contributed by atoms with Gasteiger partial charge in [-0.25, -0.2) is 9.07 Å². The van der Waals surface area contributed by atoms with Gasteiger partial charge in [0.15, 0.2) is 5.82 Å². The molecule has 38 heavy (non-hydrogen) atoms. The van der Waals surface area contributed by atoms with Gasteiger partial charge in [0, 0.05) is 24.2 Å². The predicted molar refractivity (Wildman–Crippen MR) is 142 cm³/mol. The summed E-state index contributed by atoms with van der Waals surface area (Å²) >= 11 is 1.18. The summed E-state index contributed by atoms with van der Waals surface area (Å²) in [6.45, 7) is 1.31. The Morgan fingerprint density at radius 1 is 0.974 bits per heavy atom. The van der Waals surface area contributed by atoms with Crippen LogP contribution in [0.1, 0.15) is 12.5 Å². The van der Waals surface area contributed by atoms with Crippen molar-refractivity contribution in [2.45, 2.75) is 6.92 Å². The van der Waals surface area contributed by atoms with Gasteiger partial charge < -0.3 is 4.74 Å². The number of carbonyl (C=O) groups is 1. The standard InChI is InChI=1S/C28H18FN5O3S/c1-17(35)37-23-10-6-5-9-22(23)26-30-28-34(32-26)27(36)24(38-28)15-19-16-33(21-7-3-2-4-8-21)31-25(19)18-11-13-20(29)14-12-18/h2-16H,1H3/b24-15+. The van der Waals surface area contributed by atoms with Crippen LogP contribution in [0.2, 0.25) is 0 Å². The molecule has 0 aliphatic rings. The number of benzene rings is 3. The Kier molecular flexibility index (Phi) is 5.85. The molecule has 0 aliphatic heterocycles. The Morgan fingerprint density at radius 2 is 1.71 bits per heavy atom. The van der Waals surface area contributed by atoms with E-state index >= 15 is 0 Å². The highest BCUT2D eigenvalue weighted by Crippen LogP contribution is 2.28. The van der Waals surface area contributed by atoms with Crippen molar-refractivity contribution in [3.8, 4) is 34.1 Å². The van der Waals surface area contributed by atoms with Crippen LogP contribution in [-0.4, -0.2) is 30.3 Å². The van der Waals surface area contributed by atoms with Crippen molar-refractivity contribution in [3.63, 3.8) is 0 Å². The molecule has 0 N–H and O–H groups in total. The van der Waals surface area contributed by atoms with Crippen LogP contribution >= 0.6 is 11.3 Å². The first kappa shape index (κ1) is 23.4. The molecule has 3 heterocycles. The van der Waals surface area contributed by atoms with Crippen LogP contribution in [0.15, 0.2) is 89.9 Å². The van der Waals surface area contributed by atoms with E-state index in [9.17, 15) is 14.0 Å². The molecule has 0 unspecified atom stereocenters. The normalized spacial score (nSPS) is 11.8. The second-order valence-corrected chi connectivity index (χ2v) is 9.36. The van der Waals surface area contributed by atoms with Crippen molar-refractivity contribution in [2.75, 3.05) is 0 Å². The maximum atomic E-state index is 13.6. The molecule has 0 saturated heterocycles. The number of aromatic nitrogens is 5. The summed E-state index contributed by atoms with van der Waals surface area (Å²) in [6.07, 6.45) is 3.56. The van der Waals surface area contributed by atoms with Gasteiger partial charge in [-0.2, -0.15) is 14.6 Å². The van der Waals surface area contributed by atoms with Crippen LogP contribution in [0, 0.1) is 5.82 Å². The van der Waals surface area contributed by atoms with Crippen LogP contribution in [0.25, 0.3) is 39.4 Å². The molecular formula is C28H18FN5O3S. The minimum Gasteiger partial charge on any atom is -0.426 e. The number of carbonyl (C=O) groups excluding carboxylic acids is 1. The number of ether oxygens (including phenoxy) is 1. The van der Waals surface area contributed by atoms with E-state index in [2.05, 4.69) is 10.1 Å². The highest BCUT2D eigenvalue weighted by atomic mass is 32.1.